The summed E-state index contributed by atoms with van der Waals surface area (Å²) in [6.07, 6.45) is 13.1. The van der Waals surface area contributed by atoms with Gasteiger partial charge in [0.25, 0.3) is 0 Å². The lowest BCUT2D eigenvalue weighted by Crippen LogP contribution is -2.30. The largest absolute Gasteiger partial charge is 0.314 e. The van der Waals surface area contributed by atoms with Gasteiger partial charge in [0.1, 0.15) is 0 Å². The molecule has 2 heteroatoms. The summed E-state index contributed by atoms with van der Waals surface area (Å²) in [5.41, 5.74) is 0. The van der Waals surface area contributed by atoms with Crippen molar-refractivity contribution in [2.75, 3.05) is 6.54 Å². The summed E-state index contributed by atoms with van der Waals surface area (Å²) in [6, 6.07) is 0.728. The van der Waals surface area contributed by atoms with Gasteiger partial charge in [0, 0.05) is 11.4 Å². The van der Waals surface area contributed by atoms with E-state index in [9.17, 15) is 0 Å². The molecule has 0 aliphatic heterocycles. The fourth-order valence-electron chi connectivity index (χ4n) is 2.77. The van der Waals surface area contributed by atoms with Crippen LogP contribution >= 0.6 is 11.6 Å². The minimum absolute atomic E-state index is 0.339. The number of alkyl halides is 1. The van der Waals surface area contributed by atoms with Crippen molar-refractivity contribution in [3.63, 3.8) is 0 Å². The number of hydrogen-bond acceptors (Lipinski definition) is 1. The van der Waals surface area contributed by atoms with Crippen molar-refractivity contribution in [2.45, 2.75) is 103 Å². The predicted octanol–water partition coefficient (Wildman–Crippen LogP) is 6.15. The summed E-state index contributed by atoms with van der Waals surface area (Å²) in [4.78, 5) is 0. The average molecular weight is 304 g/mol. The fraction of sp³-hybridized carbons (Fsp3) is 1.00. The van der Waals surface area contributed by atoms with Crippen LogP contribution in [-0.2, 0) is 0 Å². The first kappa shape index (κ1) is 20.2. The second-order valence-electron chi connectivity index (χ2n) is 6.54. The van der Waals surface area contributed by atoms with Gasteiger partial charge in [-0.05, 0) is 51.5 Å². The molecular formula is C18H38ClN. The van der Waals surface area contributed by atoms with Crippen molar-refractivity contribution in [3.05, 3.63) is 0 Å². The lowest BCUT2D eigenvalue weighted by molar-refractivity contribution is 0.375. The third-order valence-corrected chi connectivity index (χ3v) is 4.38. The van der Waals surface area contributed by atoms with E-state index in [1.54, 1.807) is 0 Å². The van der Waals surface area contributed by atoms with Gasteiger partial charge in [0.05, 0.1) is 0 Å². The van der Waals surface area contributed by atoms with Gasteiger partial charge < -0.3 is 5.32 Å². The molecule has 0 aliphatic rings. The Morgan fingerprint density at radius 2 is 1.50 bits per heavy atom. The lowest BCUT2D eigenvalue weighted by atomic mass is 9.95. The topological polar surface area (TPSA) is 12.0 Å². The van der Waals surface area contributed by atoms with Crippen molar-refractivity contribution < 1.29 is 0 Å². The van der Waals surface area contributed by atoms with E-state index in [1.165, 1.54) is 64.3 Å². The Balaban J connectivity index is 3.86. The van der Waals surface area contributed by atoms with Gasteiger partial charge >= 0.3 is 0 Å². The van der Waals surface area contributed by atoms with E-state index in [-0.39, 0.29) is 0 Å². The van der Waals surface area contributed by atoms with E-state index in [2.05, 4.69) is 33.0 Å². The van der Waals surface area contributed by atoms with Crippen LogP contribution in [-0.4, -0.2) is 18.0 Å². The first-order chi connectivity index (χ1) is 9.60. The molecule has 0 aromatic carbocycles. The Labute approximate surface area is 133 Å². The number of rotatable bonds is 14. The maximum Gasteiger partial charge on any atom is 0.0307 e. The highest BCUT2D eigenvalue weighted by Crippen LogP contribution is 2.17. The highest BCUT2D eigenvalue weighted by molar-refractivity contribution is 6.20. The van der Waals surface area contributed by atoms with Crippen molar-refractivity contribution in [2.24, 2.45) is 5.92 Å². The number of halogens is 1. The Morgan fingerprint density at radius 3 is 2.10 bits per heavy atom. The molecule has 0 spiro atoms. The molecule has 0 amide bonds. The monoisotopic (exact) mass is 303 g/mol. The molecule has 0 saturated carbocycles. The average Bonchev–Trinajstić information content (AvgIpc) is 2.40. The summed E-state index contributed by atoms with van der Waals surface area (Å²) in [5, 5.41) is 4.11. The van der Waals surface area contributed by atoms with Gasteiger partial charge in [-0.25, -0.2) is 0 Å². The fourth-order valence-corrected chi connectivity index (χ4v) is 2.92. The predicted molar refractivity (Wildman–Crippen MR) is 93.8 cm³/mol. The molecule has 0 heterocycles. The van der Waals surface area contributed by atoms with E-state index in [0.717, 1.165) is 18.4 Å². The zero-order chi connectivity index (χ0) is 15.2. The molecule has 0 rings (SSSR count). The van der Waals surface area contributed by atoms with E-state index < -0.39 is 0 Å². The molecule has 0 radical (unpaired) electrons. The zero-order valence-electron chi connectivity index (χ0n) is 14.4. The molecule has 0 aliphatic carbocycles. The molecule has 1 N–H and O–H groups in total. The summed E-state index contributed by atoms with van der Waals surface area (Å²) >= 11 is 6.02. The Morgan fingerprint density at radius 1 is 0.800 bits per heavy atom. The quantitative estimate of drug-likeness (QED) is 0.300. The van der Waals surface area contributed by atoms with Crippen LogP contribution in [0.4, 0.5) is 0 Å². The Kier molecular flexibility index (Phi) is 14.4. The van der Waals surface area contributed by atoms with E-state index in [1.807, 2.05) is 0 Å². The van der Waals surface area contributed by atoms with Crippen molar-refractivity contribution >= 4 is 11.6 Å². The van der Waals surface area contributed by atoms with Gasteiger partial charge in [-0.2, -0.15) is 0 Å². The molecule has 20 heavy (non-hydrogen) atoms. The van der Waals surface area contributed by atoms with Crippen LogP contribution in [0.2, 0.25) is 0 Å². The molecule has 0 aromatic heterocycles. The molecule has 3 atom stereocenters. The molecule has 0 saturated heterocycles. The van der Waals surface area contributed by atoms with E-state index in [4.69, 9.17) is 11.6 Å². The third kappa shape index (κ3) is 13.2. The molecule has 3 unspecified atom stereocenters. The van der Waals surface area contributed by atoms with Crippen LogP contribution < -0.4 is 5.32 Å². The smallest absolute Gasteiger partial charge is 0.0307 e. The summed E-state index contributed by atoms with van der Waals surface area (Å²) < 4.78 is 0. The number of nitrogens with one attached hydrogen (secondary N) is 1. The highest BCUT2D eigenvalue weighted by Gasteiger charge is 2.10. The summed E-state index contributed by atoms with van der Waals surface area (Å²) in [6.45, 7) is 10.3. The molecule has 1 nitrogen and oxygen atoms in total. The highest BCUT2D eigenvalue weighted by atomic mass is 35.5. The van der Waals surface area contributed by atoms with E-state index in [0.29, 0.717) is 5.38 Å². The van der Waals surface area contributed by atoms with Crippen molar-refractivity contribution in [1.29, 1.82) is 0 Å². The minimum Gasteiger partial charge on any atom is -0.314 e. The van der Waals surface area contributed by atoms with Gasteiger partial charge in [-0.1, -0.05) is 52.9 Å². The second-order valence-corrected chi connectivity index (χ2v) is 7.29. The van der Waals surface area contributed by atoms with Gasteiger partial charge in [-0.3, -0.25) is 0 Å². The van der Waals surface area contributed by atoms with Crippen LogP contribution in [0.15, 0.2) is 0 Å². The SMILES string of the molecule is CCCCNC(CCCCC(C)Cl)CCC(C)CCC. The maximum absolute atomic E-state index is 6.02. The maximum atomic E-state index is 6.02. The number of unbranched alkanes of at least 4 members (excludes halogenated alkanes) is 2. The van der Waals surface area contributed by atoms with Gasteiger partial charge in [0.15, 0.2) is 0 Å². The van der Waals surface area contributed by atoms with Crippen LogP contribution in [0.1, 0.15) is 91.9 Å². The first-order valence-electron chi connectivity index (χ1n) is 8.97. The standard InChI is InChI=1S/C18H38ClN/c1-5-7-15-20-18(12-9-8-11-17(4)19)14-13-16(3)10-6-2/h16-18,20H,5-15H2,1-4H3. The lowest BCUT2D eigenvalue weighted by Gasteiger charge is -2.21. The Hall–Kier alpha value is 0.250. The van der Waals surface area contributed by atoms with Crippen LogP contribution in [0.25, 0.3) is 0 Å². The second kappa shape index (κ2) is 14.2. The Bertz CT molecular complexity index is 194. The van der Waals surface area contributed by atoms with Gasteiger partial charge in [0.2, 0.25) is 0 Å². The minimum atomic E-state index is 0.339. The molecule has 0 bridgehead atoms. The molecule has 122 valence electrons. The molecular weight excluding hydrogens is 266 g/mol. The zero-order valence-corrected chi connectivity index (χ0v) is 15.1. The molecule has 0 fully saturated rings. The van der Waals surface area contributed by atoms with Crippen molar-refractivity contribution in [1.82, 2.24) is 5.32 Å². The molecule has 0 aromatic rings. The van der Waals surface area contributed by atoms with Gasteiger partial charge in [-0.15, -0.1) is 11.6 Å². The normalized spacial score (nSPS) is 16.1. The van der Waals surface area contributed by atoms with Crippen LogP contribution in [0.5, 0.6) is 0 Å². The summed E-state index contributed by atoms with van der Waals surface area (Å²) in [7, 11) is 0. The van der Waals surface area contributed by atoms with Crippen molar-refractivity contribution in [3.8, 4) is 0 Å². The third-order valence-electron chi connectivity index (χ3n) is 4.16. The first-order valence-corrected chi connectivity index (χ1v) is 9.41. The van der Waals surface area contributed by atoms with Crippen LogP contribution in [0, 0.1) is 5.92 Å². The van der Waals surface area contributed by atoms with Crippen LogP contribution in [0.3, 0.4) is 0 Å². The van der Waals surface area contributed by atoms with E-state index >= 15 is 0 Å². The number of hydrogen-bond donors (Lipinski definition) is 1. The summed E-state index contributed by atoms with van der Waals surface area (Å²) in [5.74, 6) is 0.887.